The molecule has 1 radical (unpaired) electrons. The topological polar surface area (TPSA) is 41.6 Å². The second-order valence-electron chi connectivity index (χ2n) is 3.52. The van der Waals surface area contributed by atoms with Gasteiger partial charge in [-0.25, -0.2) is 13.2 Å². The lowest BCUT2D eigenvalue weighted by molar-refractivity contribution is 0.146. The van der Waals surface area contributed by atoms with Crippen LogP contribution in [0.15, 0.2) is 18.2 Å². The molecule has 0 unspecified atom stereocenters. The van der Waals surface area contributed by atoms with E-state index >= 15 is 0 Å². The van der Waals surface area contributed by atoms with Crippen molar-refractivity contribution in [1.29, 1.82) is 0 Å². The van der Waals surface area contributed by atoms with Gasteiger partial charge in [0, 0.05) is 0 Å². The lowest BCUT2D eigenvalue weighted by Crippen LogP contribution is -1.95. The van der Waals surface area contributed by atoms with Crippen molar-refractivity contribution in [3.05, 3.63) is 53.2 Å². The lowest BCUT2D eigenvalue weighted by Gasteiger charge is -2.04. The molecule has 0 bridgehead atoms. The van der Waals surface area contributed by atoms with E-state index in [-0.39, 0.29) is 0 Å². The molecule has 6 heteroatoms. The van der Waals surface area contributed by atoms with Crippen molar-refractivity contribution in [1.82, 2.24) is 15.2 Å². The van der Waals surface area contributed by atoms with Gasteiger partial charge in [0.1, 0.15) is 17.5 Å². The number of rotatable bonds is 3. The van der Waals surface area contributed by atoms with Crippen LogP contribution in [0.4, 0.5) is 13.2 Å². The summed E-state index contributed by atoms with van der Waals surface area (Å²) < 4.78 is 38.0. The molecular formula is C11H9F3N3. The van der Waals surface area contributed by atoms with Gasteiger partial charge in [-0.15, -0.1) is 10.2 Å². The van der Waals surface area contributed by atoms with E-state index in [1.807, 2.05) is 0 Å². The predicted molar refractivity (Wildman–Crippen MR) is 55.0 cm³/mol. The van der Waals surface area contributed by atoms with E-state index in [1.165, 1.54) is 12.5 Å². The smallest absolute Gasteiger partial charge is 0.266 e. The van der Waals surface area contributed by atoms with Crippen molar-refractivity contribution < 1.29 is 13.2 Å². The molecule has 0 fully saturated rings. The van der Waals surface area contributed by atoms with Crippen molar-refractivity contribution in [2.75, 3.05) is 0 Å². The van der Waals surface area contributed by atoms with E-state index in [2.05, 4.69) is 15.2 Å². The van der Waals surface area contributed by atoms with Crippen LogP contribution in [-0.4, -0.2) is 15.2 Å². The largest absolute Gasteiger partial charge is 0.329 e. The second kappa shape index (κ2) is 4.57. The molecule has 1 heterocycles. The van der Waals surface area contributed by atoms with E-state index < -0.39 is 17.8 Å². The summed E-state index contributed by atoms with van der Waals surface area (Å²) in [7, 11) is 0. The summed E-state index contributed by atoms with van der Waals surface area (Å²) in [4.78, 5) is 2.83. The Morgan fingerprint density at radius 1 is 1.29 bits per heavy atom. The third-order valence-corrected chi connectivity index (χ3v) is 2.18. The van der Waals surface area contributed by atoms with Crippen LogP contribution in [-0.2, 0) is 0 Å². The average molecular weight is 240 g/mol. The molecule has 0 aliphatic rings. The molecule has 0 amide bonds. The van der Waals surface area contributed by atoms with Gasteiger partial charge >= 0.3 is 0 Å². The maximum Gasteiger partial charge on any atom is 0.266 e. The highest BCUT2D eigenvalue weighted by molar-refractivity contribution is 5.34. The van der Waals surface area contributed by atoms with Crippen molar-refractivity contribution in [3.8, 4) is 0 Å². The Morgan fingerprint density at radius 3 is 2.65 bits per heavy atom. The third-order valence-electron chi connectivity index (χ3n) is 2.18. The molecule has 2 rings (SSSR count). The minimum atomic E-state index is -2.83. The summed E-state index contributed by atoms with van der Waals surface area (Å²) in [5.41, 5.74) is -0.173. The molecule has 1 N–H and O–H groups in total. The number of halogens is 3. The molecule has 2 aromatic rings. The Labute approximate surface area is 95.7 Å². The SMILES string of the molecule is Cc1nnc([CH]c2ccc(F)c(C(F)F)c2)[nH]1. The van der Waals surface area contributed by atoms with Crippen molar-refractivity contribution in [3.63, 3.8) is 0 Å². The molecule has 1 aromatic carbocycles. The summed E-state index contributed by atoms with van der Waals surface area (Å²) in [6, 6.07) is 3.51. The van der Waals surface area contributed by atoms with Crippen molar-refractivity contribution in [2.45, 2.75) is 13.3 Å². The molecule has 0 aliphatic carbocycles. The van der Waals surface area contributed by atoms with Crippen molar-refractivity contribution in [2.24, 2.45) is 0 Å². The fraction of sp³-hybridized carbons (Fsp3) is 0.182. The monoisotopic (exact) mass is 240 g/mol. The molecule has 89 valence electrons. The Hall–Kier alpha value is -1.85. The standard InChI is InChI=1S/C11H9F3N3/c1-6-15-10(17-16-6)5-7-2-3-9(12)8(4-7)11(13)14/h2-5,11H,1H3,(H,15,16,17). The number of aromatic nitrogens is 3. The van der Waals surface area contributed by atoms with Gasteiger partial charge < -0.3 is 4.98 Å². The van der Waals surface area contributed by atoms with E-state index in [1.54, 1.807) is 6.92 Å². The summed E-state index contributed by atoms with van der Waals surface area (Å²) in [5.74, 6) is 0.146. The lowest BCUT2D eigenvalue weighted by atomic mass is 10.1. The molecule has 0 saturated carbocycles. The van der Waals surface area contributed by atoms with Gasteiger partial charge in [0.2, 0.25) is 0 Å². The first kappa shape index (κ1) is 11.6. The fourth-order valence-electron chi connectivity index (χ4n) is 1.41. The zero-order chi connectivity index (χ0) is 12.4. The Morgan fingerprint density at radius 2 is 2.06 bits per heavy atom. The quantitative estimate of drug-likeness (QED) is 0.896. The molecule has 3 nitrogen and oxygen atoms in total. The summed E-state index contributed by atoms with van der Waals surface area (Å²) in [5, 5.41) is 7.49. The molecule has 17 heavy (non-hydrogen) atoms. The minimum Gasteiger partial charge on any atom is -0.329 e. The van der Waals surface area contributed by atoms with E-state index in [0.29, 0.717) is 17.2 Å². The first-order valence-corrected chi connectivity index (χ1v) is 4.88. The first-order chi connectivity index (χ1) is 8.06. The number of hydrogen-bond acceptors (Lipinski definition) is 2. The van der Waals surface area contributed by atoms with Gasteiger partial charge in [0.15, 0.2) is 0 Å². The molecule has 0 saturated heterocycles. The molecule has 1 aromatic heterocycles. The minimum absolute atomic E-state index is 0.439. The normalized spacial score (nSPS) is 11.1. The summed E-state index contributed by atoms with van der Waals surface area (Å²) in [6.07, 6.45) is -1.31. The zero-order valence-electron chi connectivity index (χ0n) is 8.92. The van der Waals surface area contributed by atoms with Crippen molar-refractivity contribution >= 4 is 0 Å². The van der Waals surface area contributed by atoms with Crippen LogP contribution in [0.3, 0.4) is 0 Å². The number of aromatic amines is 1. The summed E-state index contributed by atoms with van der Waals surface area (Å²) >= 11 is 0. The third kappa shape index (κ3) is 2.64. The highest BCUT2D eigenvalue weighted by Gasteiger charge is 2.14. The van der Waals surface area contributed by atoms with Gasteiger partial charge in [-0.1, -0.05) is 6.07 Å². The Balaban J connectivity index is 2.25. The van der Waals surface area contributed by atoms with E-state index in [0.717, 1.165) is 12.1 Å². The number of nitrogens with one attached hydrogen (secondary N) is 1. The number of benzene rings is 1. The predicted octanol–water partition coefficient (Wildman–Crippen LogP) is 2.79. The van der Waals surface area contributed by atoms with Crippen LogP contribution in [0, 0.1) is 19.2 Å². The van der Waals surface area contributed by atoms with Gasteiger partial charge in [-0.3, -0.25) is 0 Å². The van der Waals surface area contributed by atoms with Crippen LogP contribution < -0.4 is 0 Å². The van der Waals surface area contributed by atoms with Crippen LogP contribution in [0.5, 0.6) is 0 Å². The number of aryl methyl sites for hydroxylation is 1. The highest BCUT2D eigenvalue weighted by atomic mass is 19.3. The maximum absolute atomic E-state index is 13.0. The molecular weight excluding hydrogens is 231 g/mol. The van der Waals surface area contributed by atoms with Crippen LogP contribution in [0.25, 0.3) is 0 Å². The molecule has 0 aliphatic heterocycles. The Bertz CT molecular complexity index is 522. The maximum atomic E-state index is 13.0. The van der Waals surface area contributed by atoms with E-state index in [9.17, 15) is 13.2 Å². The molecule has 0 spiro atoms. The number of alkyl halides is 2. The van der Waals surface area contributed by atoms with Gasteiger partial charge in [0.05, 0.1) is 12.0 Å². The zero-order valence-corrected chi connectivity index (χ0v) is 8.92. The first-order valence-electron chi connectivity index (χ1n) is 4.88. The number of hydrogen-bond donors (Lipinski definition) is 1. The fourth-order valence-corrected chi connectivity index (χ4v) is 1.41. The Kier molecular flexibility index (Phi) is 3.12. The van der Waals surface area contributed by atoms with Gasteiger partial charge in [-0.05, 0) is 24.6 Å². The van der Waals surface area contributed by atoms with Gasteiger partial charge in [-0.2, -0.15) is 0 Å². The van der Waals surface area contributed by atoms with Gasteiger partial charge in [0.25, 0.3) is 6.43 Å². The van der Waals surface area contributed by atoms with Crippen LogP contribution >= 0.6 is 0 Å². The number of H-pyrrole nitrogens is 1. The second-order valence-corrected chi connectivity index (χ2v) is 3.52. The van der Waals surface area contributed by atoms with E-state index in [4.69, 9.17) is 0 Å². The van der Waals surface area contributed by atoms with Crippen LogP contribution in [0.2, 0.25) is 0 Å². The highest BCUT2D eigenvalue weighted by Crippen LogP contribution is 2.24. The number of nitrogens with zero attached hydrogens (tertiary/aromatic N) is 2. The average Bonchev–Trinajstić information content (AvgIpc) is 2.66. The summed E-state index contributed by atoms with van der Waals surface area (Å²) in [6.45, 7) is 1.72. The molecule has 0 atom stereocenters. The van der Waals surface area contributed by atoms with Crippen LogP contribution in [0.1, 0.15) is 29.2 Å².